The summed E-state index contributed by atoms with van der Waals surface area (Å²) in [6, 6.07) is 1.33. The van der Waals surface area contributed by atoms with Gasteiger partial charge in [0.05, 0.1) is 19.3 Å². The van der Waals surface area contributed by atoms with E-state index < -0.39 is 0 Å². The summed E-state index contributed by atoms with van der Waals surface area (Å²) in [5, 5.41) is 0.253. The summed E-state index contributed by atoms with van der Waals surface area (Å²) >= 11 is 5.73. The van der Waals surface area contributed by atoms with Crippen molar-refractivity contribution >= 4 is 11.6 Å². The molecule has 5 heteroatoms. The maximum absolute atomic E-state index is 11.7. The standard InChI is InChI=1S/C11H17ClN2O2/c1-4-10-13-9(12)7-11(15)14(10)5-6-16-8(2)3/h7-8H,4-6H2,1-3H3. The van der Waals surface area contributed by atoms with Crippen LogP contribution in [0.3, 0.4) is 0 Å². The zero-order valence-electron chi connectivity index (χ0n) is 9.86. The second-order valence-electron chi connectivity index (χ2n) is 3.76. The molecule has 0 aliphatic rings. The number of hydrogen-bond acceptors (Lipinski definition) is 3. The van der Waals surface area contributed by atoms with Crippen LogP contribution < -0.4 is 5.56 Å². The van der Waals surface area contributed by atoms with E-state index in [0.29, 0.717) is 25.4 Å². The molecule has 0 saturated heterocycles. The van der Waals surface area contributed by atoms with Crippen LogP contribution in [-0.4, -0.2) is 22.3 Å². The molecular weight excluding hydrogens is 228 g/mol. The zero-order valence-corrected chi connectivity index (χ0v) is 10.6. The largest absolute Gasteiger partial charge is 0.377 e. The van der Waals surface area contributed by atoms with Gasteiger partial charge >= 0.3 is 0 Å². The highest BCUT2D eigenvalue weighted by molar-refractivity contribution is 6.29. The predicted octanol–water partition coefficient (Wildman–Crippen LogP) is 1.88. The molecular formula is C11H17ClN2O2. The lowest BCUT2D eigenvalue weighted by atomic mass is 10.4. The molecule has 0 fully saturated rings. The summed E-state index contributed by atoms with van der Waals surface area (Å²) < 4.78 is 7.02. The van der Waals surface area contributed by atoms with Gasteiger partial charge in [-0.1, -0.05) is 18.5 Å². The SMILES string of the molecule is CCc1nc(Cl)cc(=O)n1CCOC(C)C. The smallest absolute Gasteiger partial charge is 0.255 e. The number of halogens is 1. The minimum Gasteiger partial charge on any atom is -0.377 e. The maximum atomic E-state index is 11.7. The molecule has 4 nitrogen and oxygen atoms in total. The van der Waals surface area contributed by atoms with Crippen molar-refractivity contribution in [1.82, 2.24) is 9.55 Å². The van der Waals surface area contributed by atoms with E-state index in [4.69, 9.17) is 16.3 Å². The van der Waals surface area contributed by atoms with E-state index in [2.05, 4.69) is 4.98 Å². The summed E-state index contributed by atoms with van der Waals surface area (Å²) in [5.41, 5.74) is -0.121. The molecule has 1 rings (SSSR count). The number of hydrogen-bond donors (Lipinski definition) is 0. The number of aromatic nitrogens is 2. The van der Waals surface area contributed by atoms with Crippen LogP contribution in [0.2, 0.25) is 5.15 Å². The van der Waals surface area contributed by atoms with Gasteiger partial charge in [-0.05, 0) is 13.8 Å². The van der Waals surface area contributed by atoms with Gasteiger partial charge in [-0.15, -0.1) is 0 Å². The van der Waals surface area contributed by atoms with Crippen LogP contribution >= 0.6 is 11.6 Å². The molecule has 0 bridgehead atoms. The van der Waals surface area contributed by atoms with Crippen LogP contribution in [0.5, 0.6) is 0 Å². The molecule has 0 saturated carbocycles. The van der Waals surface area contributed by atoms with Crippen molar-refractivity contribution in [3.63, 3.8) is 0 Å². The third kappa shape index (κ3) is 3.61. The lowest BCUT2D eigenvalue weighted by Gasteiger charge is -2.12. The Balaban J connectivity index is 2.82. The number of ether oxygens (including phenoxy) is 1. The third-order valence-electron chi connectivity index (χ3n) is 2.14. The summed E-state index contributed by atoms with van der Waals surface area (Å²) in [5.74, 6) is 0.699. The molecule has 16 heavy (non-hydrogen) atoms. The fraction of sp³-hybridized carbons (Fsp3) is 0.636. The summed E-state index contributed by atoms with van der Waals surface area (Å²) in [7, 11) is 0. The Morgan fingerprint density at radius 3 is 2.81 bits per heavy atom. The minimum absolute atomic E-state index is 0.121. The van der Waals surface area contributed by atoms with E-state index in [0.717, 1.165) is 0 Å². The zero-order chi connectivity index (χ0) is 12.1. The maximum Gasteiger partial charge on any atom is 0.255 e. The van der Waals surface area contributed by atoms with Crippen LogP contribution in [-0.2, 0) is 17.7 Å². The van der Waals surface area contributed by atoms with E-state index in [1.54, 1.807) is 4.57 Å². The lowest BCUT2D eigenvalue weighted by Crippen LogP contribution is -2.26. The van der Waals surface area contributed by atoms with Crippen molar-refractivity contribution in [1.29, 1.82) is 0 Å². The average Bonchev–Trinajstić information content (AvgIpc) is 2.20. The second kappa shape index (κ2) is 6.01. The van der Waals surface area contributed by atoms with Crippen molar-refractivity contribution < 1.29 is 4.74 Å². The second-order valence-corrected chi connectivity index (χ2v) is 4.15. The summed E-state index contributed by atoms with van der Waals surface area (Å²) in [6.45, 7) is 6.89. The number of aryl methyl sites for hydroxylation is 1. The predicted molar refractivity (Wildman–Crippen MR) is 64.0 cm³/mol. The van der Waals surface area contributed by atoms with Gasteiger partial charge in [0, 0.05) is 12.5 Å². The Morgan fingerprint density at radius 2 is 2.25 bits per heavy atom. The van der Waals surface area contributed by atoms with Gasteiger partial charge in [-0.3, -0.25) is 9.36 Å². The Bertz CT molecular complexity index is 401. The highest BCUT2D eigenvalue weighted by atomic mass is 35.5. The van der Waals surface area contributed by atoms with Crippen molar-refractivity contribution in [2.75, 3.05) is 6.61 Å². The van der Waals surface area contributed by atoms with Gasteiger partial charge in [0.2, 0.25) is 0 Å². The Labute approximate surface area is 100 Å². The molecule has 0 aliphatic heterocycles. The lowest BCUT2D eigenvalue weighted by molar-refractivity contribution is 0.0716. The van der Waals surface area contributed by atoms with Crippen molar-refractivity contribution in [3.05, 3.63) is 27.4 Å². The van der Waals surface area contributed by atoms with Crippen molar-refractivity contribution in [2.24, 2.45) is 0 Å². The first-order chi connectivity index (χ1) is 7.54. The molecule has 1 aromatic rings. The molecule has 90 valence electrons. The quantitative estimate of drug-likeness (QED) is 0.743. The Hall–Kier alpha value is -0.870. The van der Waals surface area contributed by atoms with Gasteiger partial charge in [-0.2, -0.15) is 0 Å². The normalized spacial score (nSPS) is 11.1. The molecule has 0 spiro atoms. The van der Waals surface area contributed by atoms with Crippen LogP contribution in [0.4, 0.5) is 0 Å². The van der Waals surface area contributed by atoms with Gasteiger partial charge in [0.15, 0.2) is 0 Å². The summed E-state index contributed by atoms with van der Waals surface area (Å²) in [4.78, 5) is 15.8. The molecule has 0 unspecified atom stereocenters. The molecule has 0 amide bonds. The molecule has 0 atom stereocenters. The van der Waals surface area contributed by atoms with Crippen LogP contribution in [0.15, 0.2) is 10.9 Å². The molecule has 0 N–H and O–H groups in total. The van der Waals surface area contributed by atoms with E-state index in [1.165, 1.54) is 6.07 Å². The van der Waals surface area contributed by atoms with Gasteiger partial charge in [0.25, 0.3) is 5.56 Å². The number of rotatable bonds is 5. The monoisotopic (exact) mass is 244 g/mol. The molecule has 1 heterocycles. The van der Waals surface area contributed by atoms with Crippen molar-refractivity contribution in [2.45, 2.75) is 39.8 Å². The fourth-order valence-electron chi connectivity index (χ4n) is 1.41. The Kier molecular flexibility index (Phi) is 4.96. The van der Waals surface area contributed by atoms with Crippen LogP contribution in [0.1, 0.15) is 26.6 Å². The summed E-state index contributed by atoms with van der Waals surface area (Å²) in [6.07, 6.45) is 0.846. The van der Waals surface area contributed by atoms with E-state index >= 15 is 0 Å². The third-order valence-corrected chi connectivity index (χ3v) is 2.33. The first-order valence-corrected chi connectivity index (χ1v) is 5.80. The molecule has 0 aromatic carbocycles. The topological polar surface area (TPSA) is 44.1 Å². The highest BCUT2D eigenvalue weighted by Gasteiger charge is 2.06. The van der Waals surface area contributed by atoms with Gasteiger partial charge < -0.3 is 4.74 Å². The van der Waals surface area contributed by atoms with Gasteiger partial charge in [0.1, 0.15) is 11.0 Å². The minimum atomic E-state index is -0.121. The van der Waals surface area contributed by atoms with Crippen molar-refractivity contribution in [3.8, 4) is 0 Å². The highest BCUT2D eigenvalue weighted by Crippen LogP contribution is 2.03. The van der Waals surface area contributed by atoms with E-state index in [-0.39, 0.29) is 16.8 Å². The molecule has 0 radical (unpaired) electrons. The van der Waals surface area contributed by atoms with E-state index in [1.807, 2.05) is 20.8 Å². The fourth-order valence-corrected chi connectivity index (χ4v) is 1.60. The van der Waals surface area contributed by atoms with Crippen LogP contribution in [0.25, 0.3) is 0 Å². The number of nitrogens with zero attached hydrogens (tertiary/aromatic N) is 2. The van der Waals surface area contributed by atoms with E-state index in [9.17, 15) is 4.79 Å². The Morgan fingerprint density at radius 1 is 1.56 bits per heavy atom. The first kappa shape index (κ1) is 13.2. The first-order valence-electron chi connectivity index (χ1n) is 5.42. The average molecular weight is 245 g/mol. The van der Waals surface area contributed by atoms with Crippen LogP contribution in [0, 0.1) is 0 Å². The molecule has 1 aromatic heterocycles. The molecule has 0 aliphatic carbocycles. The van der Waals surface area contributed by atoms with Gasteiger partial charge in [-0.25, -0.2) is 4.98 Å².